The molecule has 17 heavy (non-hydrogen) atoms. The number of carbonyl (C=O) groups is 2. The molecule has 0 aliphatic heterocycles. The topological polar surface area (TPSA) is 43.4 Å². The minimum Gasteiger partial charge on any atom is -0.497 e. The minimum absolute atomic E-state index is 0.0444. The maximum absolute atomic E-state index is 12.2. The predicted molar refractivity (Wildman–Crippen MR) is 64.4 cm³/mol. The van der Waals surface area contributed by atoms with Gasteiger partial charge in [-0.05, 0) is 30.5 Å². The van der Waals surface area contributed by atoms with Crippen LogP contribution >= 0.6 is 0 Å². The molecule has 0 amide bonds. The molecule has 2 rings (SSSR count). The van der Waals surface area contributed by atoms with Crippen LogP contribution in [0.15, 0.2) is 18.2 Å². The Morgan fingerprint density at radius 2 is 2.24 bits per heavy atom. The molecule has 1 aromatic carbocycles. The number of Topliss-reactive ketones (excluding diaryl/α,β-unsaturated/α-hetero) is 2. The lowest BCUT2D eigenvalue weighted by atomic mass is 9.80. The standard InChI is InChI=1S/C14H16O3/c1-3-13(15)11-7-5-9-4-6-10(17-2)8-12(9)14(11)16/h4,6,8,11H,3,5,7H2,1-2H3. The summed E-state index contributed by atoms with van der Waals surface area (Å²) in [6.45, 7) is 1.80. The van der Waals surface area contributed by atoms with E-state index in [2.05, 4.69) is 0 Å². The van der Waals surface area contributed by atoms with E-state index >= 15 is 0 Å². The molecule has 90 valence electrons. The third-order valence-corrected chi connectivity index (χ3v) is 3.34. The molecule has 1 aliphatic carbocycles. The third-order valence-electron chi connectivity index (χ3n) is 3.34. The van der Waals surface area contributed by atoms with E-state index in [0.29, 0.717) is 24.2 Å². The minimum atomic E-state index is -0.445. The van der Waals surface area contributed by atoms with Gasteiger partial charge in [0, 0.05) is 12.0 Å². The summed E-state index contributed by atoms with van der Waals surface area (Å²) in [5.41, 5.74) is 1.68. The molecule has 1 atom stereocenters. The zero-order valence-electron chi connectivity index (χ0n) is 10.2. The van der Waals surface area contributed by atoms with Crippen molar-refractivity contribution in [2.75, 3.05) is 7.11 Å². The molecule has 0 N–H and O–H groups in total. The van der Waals surface area contributed by atoms with Gasteiger partial charge in [-0.2, -0.15) is 0 Å². The molecule has 0 fully saturated rings. The van der Waals surface area contributed by atoms with E-state index in [1.165, 1.54) is 0 Å². The number of ether oxygens (including phenoxy) is 1. The summed E-state index contributed by atoms with van der Waals surface area (Å²) >= 11 is 0. The molecule has 1 unspecified atom stereocenters. The SMILES string of the molecule is CCC(=O)C1CCc2ccc(OC)cc2C1=O. The van der Waals surface area contributed by atoms with Crippen molar-refractivity contribution in [1.82, 2.24) is 0 Å². The Balaban J connectivity index is 2.36. The summed E-state index contributed by atoms with van der Waals surface area (Å²) in [5.74, 6) is 0.224. The summed E-state index contributed by atoms with van der Waals surface area (Å²) < 4.78 is 5.11. The summed E-state index contributed by atoms with van der Waals surface area (Å²) in [6.07, 6.45) is 1.86. The summed E-state index contributed by atoms with van der Waals surface area (Å²) in [7, 11) is 1.57. The molecular weight excluding hydrogens is 216 g/mol. The Kier molecular flexibility index (Phi) is 3.27. The van der Waals surface area contributed by atoms with Crippen molar-refractivity contribution < 1.29 is 14.3 Å². The average molecular weight is 232 g/mol. The number of aryl methyl sites for hydroxylation is 1. The van der Waals surface area contributed by atoms with Crippen LogP contribution in [-0.4, -0.2) is 18.7 Å². The zero-order chi connectivity index (χ0) is 12.4. The molecule has 3 heteroatoms. The lowest BCUT2D eigenvalue weighted by Gasteiger charge is -2.22. The fraction of sp³-hybridized carbons (Fsp3) is 0.429. The molecular formula is C14H16O3. The monoisotopic (exact) mass is 232 g/mol. The molecule has 0 heterocycles. The number of hydrogen-bond donors (Lipinski definition) is 0. The van der Waals surface area contributed by atoms with Gasteiger partial charge >= 0.3 is 0 Å². The highest BCUT2D eigenvalue weighted by atomic mass is 16.5. The van der Waals surface area contributed by atoms with E-state index in [1.54, 1.807) is 20.1 Å². The normalized spacial score (nSPS) is 18.7. The number of fused-ring (bicyclic) bond motifs is 1. The first-order valence-electron chi connectivity index (χ1n) is 5.91. The quantitative estimate of drug-likeness (QED) is 0.752. The van der Waals surface area contributed by atoms with Crippen molar-refractivity contribution in [2.24, 2.45) is 5.92 Å². The summed E-state index contributed by atoms with van der Waals surface area (Å²) in [6, 6.07) is 5.51. The van der Waals surface area contributed by atoms with Crippen LogP contribution in [0.5, 0.6) is 5.75 Å². The number of ketones is 2. The average Bonchev–Trinajstić information content (AvgIpc) is 2.38. The second-order valence-corrected chi connectivity index (χ2v) is 4.30. The first kappa shape index (κ1) is 11.8. The van der Waals surface area contributed by atoms with Crippen LogP contribution in [0, 0.1) is 5.92 Å². The van der Waals surface area contributed by atoms with Gasteiger partial charge in [0.1, 0.15) is 11.5 Å². The Hall–Kier alpha value is -1.64. The smallest absolute Gasteiger partial charge is 0.173 e. The second kappa shape index (κ2) is 4.70. The lowest BCUT2D eigenvalue weighted by Crippen LogP contribution is -2.29. The van der Waals surface area contributed by atoms with E-state index < -0.39 is 5.92 Å². The van der Waals surface area contributed by atoms with Crippen LogP contribution in [-0.2, 0) is 11.2 Å². The number of hydrogen-bond acceptors (Lipinski definition) is 3. The predicted octanol–water partition coefficient (Wildman–Crippen LogP) is 2.42. The van der Waals surface area contributed by atoms with Gasteiger partial charge in [-0.15, -0.1) is 0 Å². The van der Waals surface area contributed by atoms with Crippen molar-refractivity contribution in [3.05, 3.63) is 29.3 Å². The molecule has 0 spiro atoms. The van der Waals surface area contributed by atoms with Crippen LogP contribution < -0.4 is 4.74 Å². The second-order valence-electron chi connectivity index (χ2n) is 4.30. The molecule has 0 bridgehead atoms. The van der Waals surface area contributed by atoms with E-state index in [0.717, 1.165) is 12.0 Å². The van der Waals surface area contributed by atoms with Gasteiger partial charge in [-0.25, -0.2) is 0 Å². The van der Waals surface area contributed by atoms with Crippen molar-refractivity contribution in [2.45, 2.75) is 26.2 Å². The Morgan fingerprint density at radius 3 is 2.88 bits per heavy atom. The molecule has 0 radical (unpaired) electrons. The maximum Gasteiger partial charge on any atom is 0.173 e. The van der Waals surface area contributed by atoms with Crippen molar-refractivity contribution in [1.29, 1.82) is 0 Å². The van der Waals surface area contributed by atoms with E-state index in [1.807, 2.05) is 12.1 Å². The van der Waals surface area contributed by atoms with Gasteiger partial charge in [0.15, 0.2) is 5.78 Å². The van der Waals surface area contributed by atoms with Crippen LogP contribution in [0.1, 0.15) is 35.7 Å². The number of rotatable bonds is 3. The fourth-order valence-corrected chi connectivity index (χ4v) is 2.30. The maximum atomic E-state index is 12.2. The number of methoxy groups -OCH3 is 1. The van der Waals surface area contributed by atoms with Gasteiger partial charge in [0.25, 0.3) is 0 Å². The highest BCUT2D eigenvalue weighted by molar-refractivity contribution is 6.12. The number of benzene rings is 1. The van der Waals surface area contributed by atoms with Crippen molar-refractivity contribution in [3.8, 4) is 5.75 Å². The highest BCUT2D eigenvalue weighted by Gasteiger charge is 2.31. The zero-order valence-corrected chi connectivity index (χ0v) is 10.2. The molecule has 1 aliphatic rings. The largest absolute Gasteiger partial charge is 0.497 e. The van der Waals surface area contributed by atoms with Crippen LogP contribution in [0.2, 0.25) is 0 Å². The Labute approximate surface area is 101 Å². The van der Waals surface area contributed by atoms with Gasteiger partial charge in [-0.1, -0.05) is 13.0 Å². The van der Waals surface area contributed by atoms with Crippen LogP contribution in [0.4, 0.5) is 0 Å². The van der Waals surface area contributed by atoms with E-state index in [9.17, 15) is 9.59 Å². The molecule has 3 nitrogen and oxygen atoms in total. The van der Waals surface area contributed by atoms with Gasteiger partial charge in [-0.3, -0.25) is 9.59 Å². The van der Waals surface area contributed by atoms with Gasteiger partial charge in [0.2, 0.25) is 0 Å². The molecule has 0 saturated carbocycles. The van der Waals surface area contributed by atoms with Gasteiger partial charge in [0.05, 0.1) is 13.0 Å². The van der Waals surface area contributed by atoms with E-state index in [4.69, 9.17) is 4.74 Å². The summed E-state index contributed by atoms with van der Waals surface area (Å²) in [5, 5.41) is 0. The number of carbonyl (C=O) groups excluding carboxylic acids is 2. The molecule has 0 aromatic heterocycles. The fourth-order valence-electron chi connectivity index (χ4n) is 2.30. The summed E-state index contributed by atoms with van der Waals surface area (Å²) in [4.78, 5) is 23.9. The lowest BCUT2D eigenvalue weighted by molar-refractivity contribution is -0.121. The first-order chi connectivity index (χ1) is 8.17. The highest BCUT2D eigenvalue weighted by Crippen LogP contribution is 2.29. The van der Waals surface area contributed by atoms with E-state index in [-0.39, 0.29) is 11.6 Å². The van der Waals surface area contributed by atoms with Crippen LogP contribution in [0.25, 0.3) is 0 Å². The van der Waals surface area contributed by atoms with Crippen LogP contribution in [0.3, 0.4) is 0 Å². The molecule has 0 saturated heterocycles. The molecule has 1 aromatic rings. The third kappa shape index (κ3) is 2.09. The Morgan fingerprint density at radius 1 is 1.47 bits per heavy atom. The van der Waals surface area contributed by atoms with Gasteiger partial charge < -0.3 is 4.74 Å². The first-order valence-corrected chi connectivity index (χ1v) is 5.91. The Bertz CT molecular complexity index is 463. The van der Waals surface area contributed by atoms with Crippen molar-refractivity contribution >= 4 is 11.6 Å². The van der Waals surface area contributed by atoms with Crippen molar-refractivity contribution in [3.63, 3.8) is 0 Å².